The first-order valence-electron chi connectivity index (χ1n) is 10.7. The number of thioether (sulfide) groups is 1. The van der Waals surface area contributed by atoms with Crippen molar-refractivity contribution in [2.45, 2.75) is 13.8 Å². The summed E-state index contributed by atoms with van der Waals surface area (Å²) in [4.78, 5) is 49.7. The smallest absolute Gasteiger partial charge is 0.294 e. The lowest BCUT2D eigenvalue weighted by molar-refractivity contribution is -0.384. The highest BCUT2D eigenvalue weighted by Gasteiger charge is 2.36. The average molecular weight is 508 g/mol. The van der Waals surface area contributed by atoms with Gasteiger partial charge in [-0.05, 0) is 67.1 Å². The van der Waals surface area contributed by atoms with E-state index in [0.717, 1.165) is 16.0 Å². The number of carbonyl (C=O) groups excluding carboxylic acids is 3. The molecule has 1 saturated heterocycles. The Morgan fingerprint density at radius 2 is 1.89 bits per heavy atom. The van der Waals surface area contributed by atoms with Crippen molar-refractivity contribution in [2.75, 3.05) is 19.0 Å². The normalized spacial score (nSPS) is 14.4. The van der Waals surface area contributed by atoms with Gasteiger partial charge in [0.15, 0.2) is 0 Å². The summed E-state index contributed by atoms with van der Waals surface area (Å²) >= 11 is 0.676. The van der Waals surface area contributed by atoms with Crippen LogP contribution in [-0.4, -0.2) is 40.5 Å². The first kappa shape index (κ1) is 24.7. The number of aryl methyl sites for hydroxylation is 2. The minimum absolute atomic E-state index is 0.0700. The van der Waals surface area contributed by atoms with Crippen LogP contribution in [0.3, 0.4) is 0 Å². The number of nitrogens with zero attached hydrogens (tertiary/aromatic N) is 2. The molecule has 11 heteroatoms. The van der Waals surface area contributed by atoms with Crippen molar-refractivity contribution in [1.82, 2.24) is 4.90 Å². The molecule has 0 bridgehead atoms. The summed E-state index contributed by atoms with van der Waals surface area (Å²) in [5.41, 5.74) is 2.27. The molecule has 2 aromatic carbocycles. The Labute approximate surface area is 210 Å². The van der Waals surface area contributed by atoms with Crippen LogP contribution in [0.15, 0.2) is 57.9 Å². The molecule has 1 N–H and O–H groups in total. The molecule has 36 heavy (non-hydrogen) atoms. The van der Waals surface area contributed by atoms with Crippen LogP contribution in [0.25, 0.3) is 17.4 Å². The van der Waals surface area contributed by atoms with E-state index in [2.05, 4.69) is 5.32 Å². The van der Waals surface area contributed by atoms with Gasteiger partial charge in [-0.3, -0.25) is 29.4 Å². The molecule has 0 atom stereocenters. The van der Waals surface area contributed by atoms with E-state index in [1.807, 2.05) is 6.92 Å². The van der Waals surface area contributed by atoms with Crippen LogP contribution in [0.2, 0.25) is 0 Å². The number of benzene rings is 2. The van der Waals surface area contributed by atoms with Crippen LogP contribution in [0.4, 0.5) is 16.2 Å². The number of furan rings is 1. The molecule has 1 fully saturated rings. The molecule has 184 valence electrons. The highest BCUT2D eigenvalue weighted by atomic mass is 32.2. The maximum Gasteiger partial charge on any atom is 0.294 e. The number of hydrogen-bond donors (Lipinski definition) is 1. The molecule has 0 aliphatic carbocycles. The Bertz CT molecular complexity index is 1430. The Hall–Kier alpha value is -4.38. The van der Waals surface area contributed by atoms with Gasteiger partial charge < -0.3 is 14.5 Å². The molecule has 0 unspecified atom stereocenters. The molecule has 1 aromatic heterocycles. The molecule has 1 aliphatic rings. The van der Waals surface area contributed by atoms with Crippen LogP contribution in [0, 0.1) is 24.0 Å². The van der Waals surface area contributed by atoms with Gasteiger partial charge in [-0.25, -0.2) is 0 Å². The van der Waals surface area contributed by atoms with E-state index in [0.29, 0.717) is 28.8 Å². The minimum atomic E-state index is -0.643. The van der Waals surface area contributed by atoms with Crippen LogP contribution in [0.1, 0.15) is 16.9 Å². The summed E-state index contributed by atoms with van der Waals surface area (Å²) in [6, 6.07) is 13.0. The third kappa shape index (κ3) is 5.01. The molecular formula is C25H21N3O7S. The van der Waals surface area contributed by atoms with Crippen molar-refractivity contribution < 1.29 is 28.5 Å². The van der Waals surface area contributed by atoms with Gasteiger partial charge in [-0.2, -0.15) is 0 Å². The van der Waals surface area contributed by atoms with Gasteiger partial charge in [0.2, 0.25) is 5.91 Å². The average Bonchev–Trinajstić information content (AvgIpc) is 3.41. The number of anilines is 1. The van der Waals surface area contributed by atoms with Gasteiger partial charge in [-0.15, -0.1) is 0 Å². The lowest BCUT2D eigenvalue weighted by atomic mass is 10.0. The van der Waals surface area contributed by atoms with E-state index >= 15 is 0 Å². The molecule has 4 rings (SSSR count). The standard InChI is InChI=1S/C25H21N3O7S/c1-14-10-17(19(28(32)33)11-15(14)2)20-9-8-16(35-20)12-22-24(30)27(25(31)36-22)13-23(29)26-18-6-4-5-7-21(18)34-3/h4-12H,13H2,1-3H3,(H,26,29)/b22-12-. The third-order valence-corrected chi connectivity index (χ3v) is 6.44. The summed E-state index contributed by atoms with van der Waals surface area (Å²) < 4.78 is 10.9. The number of para-hydroxylation sites is 2. The van der Waals surface area contributed by atoms with Crippen molar-refractivity contribution >= 4 is 46.3 Å². The topological polar surface area (TPSA) is 132 Å². The summed E-state index contributed by atoms with van der Waals surface area (Å²) in [5.74, 6) is -0.272. The number of imide groups is 1. The second-order valence-electron chi connectivity index (χ2n) is 7.93. The SMILES string of the molecule is COc1ccccc1NC(=O)CN1C(=O)S/C(=C\c2ccc(-c3cc(C)c(C)cc3[N+](=O)[O-])o2)C1=O. The van der Waals surface area contributed by atoms with Gasteiger partial charge in [0.05, 0.1) is 28.2 Å². The van der Waals surface area contributed by atoms with E-state index < -0.39 is 28.5 Å². The Morgan fingerprint density at radius 3 is 2.61 bits per heavy atom. The Kier molecular flexibility index (Phi) is 6.93. The lowest BCUT2D eigenvalue weighted by Crippen LogP contribution is -2.36. The van der Waals surface area contributed by atoms with Gasteiger partial charge in [-0.1, -0.05) is 12.1 Å². The van der Waals surface area contributed by atoms with Crippen LogP contribution in [0.5, 0.6) is 5.75 Å². The van der Waals surface area contributed by atoms with Crippen molar-refractivity contribution in [3.63, 3.8) is 0 Å². The number of nitrogens with one attached hydrogen (secondary N) is 1. The predicted molar refractivity (Wildman–Crippen MR) is 135 cm³/mol. The summed E-state index contributed by atoms with van der Waals surface area (Å²) in [6.45, 7) is 3.15. The zero-order chi connectivity index (χ0) is 26.0. The van der Waals surface area contributed by atoms with Crippen LogP contribution >= 0.6 is 11.8 Å². The number of nitro groups is 1. The summed E-state index contributed by atoms with van der Waals surface area (Å²) in [6.07, 6.45) is 1.37. The Balaban J connectivity index is 1.51. The number of nitro benzene ring substituents is 1. The molecule has 0 radical (unpaired) electrons. The second-order valence-corrected chi connectivity index (χ2v) is 8.92. The first-order valence-corrected chi connectivity index (χ1v) is 11.5. The van der Waals surface area contributed by atoms with Crippen molar-refractivity contribution in [3.05, 3.63) is 80.4 Å². The maximum atomic E-state index is 12.8. The number of carbonyl (C=O) groups is 3. The number of ether oxygens (including phenoxy) is 1. The van der Waals surface area contributed by atoms with Gasteiger partial charge in [0.25, 0.3) is 16.8 Å². The third-order valence-electron chi connectivity index (χ3n) is 5.53. The molecule has 1 aliphatic heterocycles. The van der Waals surface area contributed by atoms with E-state index in [4.69, 9.17) is 9.15 Å². The van der Waals surface area contributed by atoms with Crippen molar-refractivity contribution in [1.29, 1.82) is 0 Å². The molecule has 0 spiro atoms. The lowest BCUT2D eigenvalue weighted by Gasteiger charge is -2.14. The predicted octanol–water partition coefficient (Wildman–Crippen LogP) is 5.16. The first-order chi connectivity index (χ1) is 17.2. The number of amides is 3. The zero-order valence-electron chi connectivity index (χ0n) is 19.6. The van der Waals surface area contributed by atoms with Crippen molar-refractivity contribution in [2.24, 2.45) is 0 Å². The van der Waals surface area contributed by atoms with Crippen molar-refractivity contribution in [3.8, 4) is 17.1 Å². The maximum absolute atomic E-state index is 12.8. The molecular weight excluding hydrogens is 486 g/mol. The van der Waals surface area contributed by atoms with Crippen LogP contribution in [-0.2, 0) is 9.59 Å². The van der Waals surface area contributed by atoms with Gasteiger partial charge >= 0.3 is 0 Å². The number of hydrogen-bond acceptors (Lipinski definition) is 8. The highest BCUT2D eigenvalue weighted by Crippen LogP contribution is 2.36. The monoisotopic (exact) mass is 507 g/mol. The van der Waals surface area contributed by atoms with E-state index in [1.165, 1.54) is 19.3 Å². The van der Waals surface area contributed by atoms with Crippen LogP contribution < -0.4 is 10.1 Å². The van der Waals surface area contributed by atoms with Gasteiger partial charge in [0, 0.05) is 12.1 Å². The Morgan fingerprint density at radius 1 is 1.17 bits per heavy atom. The highest BCUT2D eigenvalue weighted by molar-refractivity contribution is 8.18. The van der Waals surface area contributed by atoms with E-state index in [9.17, 15) is 24.5 Å². The number of rotatable bonds is 7. The quantitative estimate of drug-likeness (QED) is 0.264. The fourth-order valence-corrected chi connectivity index (χ4v) is 4.39. The molecule has 0 saturated carbocycles. The fourth-order valence-electron chi connectivity index (χ4n) is 3.57. The largest absolute Gasteiger partial charge is 0.495 e. The summed E-state index contributed by atoms with van der Waals surface area (Å²) in [7, 11) is 1.46. The number of methoxy groups -OCH3 is 1. The van der Waals surface area contributed by atoms with E-state index in [-0.39, 0.29) is 22.1 Å². The van der Waals surface area contributed by atoms with Gasteiger partial charge in [0.1, 0.15) is 23.8 Å². The zero-order valence-corrected chi connectivity index (χ0v) is 20.4. The molecule has 2 heterocycles. The fraction of sp³-hybridized carbons (Fsp3) is 0.160. The minimum Gasteiger partial charge on any atom is -0.495 e. The second kappa shape index (κ2) is 10.1. The molecule has 3 amide bonds. The molecule has 3 aromatic rings. The molecule has 10 nitrogen and oxygen atoms in total. The van der Waals surface area contributed by atoms with E-state index in [1.54, 1.807) is 49.4 Å². The summed E-state index contributed by atoms with van der Waals surface area (Å²) in [5, 5.41) is 13.5.